The minimum absolute atomic E-state index is 0.0920. The normalized spacial score (nSPS) is 11.3. The number of nitriles is 1. The Hall–Kier alpha value is -3.76. The lowest BCUT2D eigenvalue weighted by Gasteiger charge is -2.08. The van der Waals surface area contributed by atoms with Gasteiger partial charge in [-0.2, -0.15) is 13.7 Å². The first kappa shape index (κ1) is 23.9. The number of hydrogen-bond acceptors (Lipinski definition) is 7. The number of benzene rings is 3. The van der Waals surface area contributed by atoms with Gasteiger partial charge in [-0.3, -0.25) is 14.9 Å². The standard InChI is InChI=1S/C22H14IN3O6S/c23-17-7-9-18(10-8-17)25-22(27)16(14-24)11-15-3-1-5-20(12-15)32-33(30,31)21-6-2-4-19(13-21)26(28)29/h1-13H,(H,25,27)/b16-11-. The van der Waals surface area contributed by atoms with Gasteiger partial charge < -0.3 is 9.50 Å². The number of halogens is 1. The molecule has 3 aromatic rings. The number of amides is 1. The van der Waals surface area contributed by atoms with E-state index in [0.29, 0.717) is 11.3 Å². The van der Waals surface area contributed by atoms with Gasteiger partial charge in [-0.25, -0.2) is 0 Å². The molecule has 0 bridgehead atoms. The van der Waals surface area contributed by atoms with Crippen LogP contribution in [0.4, 0.5) is 11.4 Å². The summed E-state index contributed by atoms with van der Waals surface area (Å²) in [5, 5.41) is 22.9. The topological polar surface area (TPSA) is 139 Å². The van der Waals surface area contributed by atoms with Crippen molar-refractivity contribution in [1.82, 2.24) is 0 Å². The zero-order valence-electron chi connectivity index (χ0n) is 16.6. The first-order chi connectivity index (χ1) is 15.7. The molecule has 0 saturated heterocycles. The number of hydrogen-bond donors (Lipinski definition) is 1. The molecular formula is C22H14IN3O6S. The number of carbonyl (C=O) groups is 1. The fraction of sp³-hybridized carbons (Fsp3) is 0. The number of carbonyl (C=O) groups excluding carboxylic acids is 1. The van der Waals surface area contributed by atoms with E-state index < -0.39 is 26.6 Å². The Morgan fingerprint density at radius 3 is 2.45 bits per heavy atom. The van der Waals surface area contributed by atoms with Crippen molar-refractivity contribution in [2.45, 2.75) is 4.90 Å². The Balaban J connectivity index is 1.82. The Bertz CT molecular complexity index is 1400. The van der Waals surface area contributed by atoms with Crippen molar-refractivity contribution in [3.8, 4) is 11.8 Å². The summed E-state index contributed by atoms with van der Waals surface area (Å²) in [6.07, 6.45) is 1.29. The molecule has 0 saturated carbocycles. The first-order valence-corrected chi connectivity index (χ1v) is 11.6. The summed E-state index contributed by atoms with van der Waals surface area (Å²) in [6.45, 7) is 0. The van der Waals surface area contributed by atoms with Gasteiger partial charge in [0.15, 0.2) is 0 Å². The Morgan fingerprint density at radius 1 is 1.09 bits per heavy atom. The maximum absolute atomic E-state index is 12.5. The fourth-order valence-electron chi connectivity index (χ4n) is 2.63. The third kappa shape index (κ3) is 6.37. The lowest BCUT2D eigenvalue weighted by molar-refractivity contribution is -0.385. The van der Waals surface area contributed by atoms with Crippen molar-refractivity contribution in [2.24, 2.45) is 0 Å². The second-order valence-electron chi connectivity index (χ2n) is 6.50. The van der Waals surface area contributed by atoms with Crippen LogP contribution in [-0.4, -0.2) is 19.2 Å². The van der Waals surface area contributed by atoms with Crippen LogP contribution >= 0.6 is 22.6 Å². The molecule has 0 spiro atoms. The predicted molar refractivity (Wildman–Crippen MR) is 129 cm³/mol. The molecule has 0 aliphatic heterocycles. The number of nitro benzene ring substituents is 1. The van der Waals surface area contributed by atoms with Gasteiger partial charge in [-0.1, -0.05) is 18.2 Å². The molecule has 0 radical (unpaired) electrons. The summed E-state index contributed by atoms with van der Waals surface area (Å²) in [5.74, 6) is -0.722. The van der Waals surface area contributed by atoms with Gasteiger partial charge in [0.25, 0.3) is 11.6 Å². The minimum atomic E-state index is -4.35. The minimum Gasteiger partial charge on any atom is -0.379 e. The second-order valence-corrected chi connectivity index (χ2v) is 9.29. The highest BCUT2D eigenvalue weighted by Gasteiger charge is 2.20. The van der Waals surface area contributed by atoms with Gasteiger partial charge in [0.05, 0.1) is 4.92 Å². The van der Waals surface area contributed by atoms with Gasteiger partial charge >= 0.3 is 10.1 Å². The van der Waals surface area contributed by atoms with E-state index in [-0.39, 0.29) is 16.2 Å². The molecule has 0 heterocycles. The molecule has 33 heavy (non-hydrogen) atoms. The highest BCUT2D eigenvalue weighted by atomic mass is 127. The van der Waals surface area contributed by atoms with Crippen molar-refractivity contribution in [3.63, 3.8) is 0 Å². The van der Waals surface area contributed by atoms with Crippen LogP contribution in [0.3, 0.4) is 0 Å². The zero-order chi connectivity index (χ0) is 24.0. The molecule has 0 aromatic heterocycles. The van der Waals surface area contributed by atoms with Gasteiger partial charge in [0.2, 0.25) is 0 Å². The van der Waals surface area contributed by atoms with Crippen molar-refractivity contribution in [3.05, 3.63) is 97.6 Å². The van der Waals surface area contributed by atoms with Crippen molar-refractivity contribution >= 4 is 56.1 Å². The van der Waals surface area contributed by atoms with E-state index in [2.05, 4.69) is 27.9 Å². The Labute approximate surface area is 202 Å². The second kappa shape index (κ2) is 10.2. The highest BCUT2D eigenvalue weighted by Crippen LogP contribution is 2.23. The van der Waals surface area contributed by atoms with Crippen LogP contribution in [0, 0.1) is 25.0 Å². The first-order valence-electron chi connectivity index (χ1n) is 9.16. The lowest BCUT2D eigenvalue weighted by atomic mass is 10.1. The Kier molecular flexibility index (Phi) is 7.41. The zero-order valence-corrected chi connectivity index (χ0v) is 19.6. The van der Waals surface area contributed by atoms with Gasteiger partial charge in [0.1, 0.15) is 22.3 Å². The van der Waals surface area contributed by atoms with Crippen LogP contribution in [-0.2, 0) is 14.9 Å². The van der Waals surface area contributed by atoms with E-state index in [0.717, 1.165) is 15.7 Å². The molecule has 3 aromatic carbocycles. The number of non-ortho nitro benzene ring substituents is 1. The SMILES string of the molecule is N#C/C(=C/c1cccc(OS(=O)(=O)c2cccc([N+](=O)[O-])c2)c1)C(=O)Nc1ccc(I)cc1. The van der Waals surface area contributed by atoms with Gasteiger partial charge in [-0.15, -0.1) is 0 Å². The predicted octanol–water partition coefficient (Wildman–Crippen LogP) is 4.51. The molecule has 11 heteroatoms. The molecule has 9 nitrogen and oxygen atoms in total. The largest absolute Gasteiger partial charge is 0.379 e. The smallest absolute Gasteiger partial charge is 0.339 e. The van der Waals surface area contributed by atoms with Crippen molar-refractivity contribution in [1.29, 1.82) is 5.26 Å². The molecule has 0 unspecified atom stereocenters. The summed E-state index contributed by atoms with van der Waals surface area (Å²) < 4.78 is 31.1. The number of nitro groups is 1. The molecular weight excluding hydrogens is 561 g/mol. The van der Waals surface area contributed by atoms with Crippen LogP contribution in [0.1, 0.15) is 5.56 Å². The molecule has 1 N–H and O–H groups in total. The van der Waals surface area contributed by atoms with Crippen molar-refractivity contribution < 1.29 is 22.3 Å². The molecule has 0 fully saturated rings. The summed E-state index contributed by atoms with van der Waals surface area (Å²) in [7, 11) is -4.35. The van der Waals surface area contributed by atoms with Crippen LogP contribution in [0.5, 0.6) is 5.75 Å². The summed E-state index contributed by atoms with van der Waals surface area (Å²) >= 11 is 2.13. The van der Waals surface area contributed by atoms with E-state index in [9.17, 15) is 28.6 Å². The average molecular weight is 575 g/mol. The van der Waals surface area contributed by atoms with Crippen LogP contribution in [0.15, 0.2) is 83.3 Å². The quantitative estimate of drug-likeness (QED) is 0.109. The van der Waals surface area contributed by atoms with Crippen LogP contribution in [0.25, 0.3) is 6.08 Å². The number of nitrogens with zero attached hydrogens (tertiary/aromatic N) is 2. The summed E-state index contributed by atoms with van der Waals surface area (Å²) in [5.41, 5.74) is 0.263. The number of anilines is 1. The third-order valence-corrected chi connectivity index (χ3v) is 6.12. The number of rotatable bonds is 7. The monoisotopic (exact) mass is 575 g/mol. The van der Waals surface area contributed by atoms with E-state index in [1.54, 1.807) is 30.3 Å². The van der Waals surface area contributed by atoms with Gasteiger partial charge in [0, 0.05) is 21.4 Å². The molecule has 1 amide bonds. The Morgan fingerprint density at radius 2 is 1.79 bits per heavy atom. The van der Waals surface area contributed by atoms with E-state index in [1.807, 2.05) is 6.07 Å². The summed E-state index contributed by atoms with van der Waals surface area (Å²) in [6, 6.07) is 19.0. The van der Waals surface area contributed by atoms with E-state index in [1.165, 1.54) is 36.4 Å². The van der Waals surface area contributed by atoms with E-state index in [4.69, 9.17) is 4.18 Å². The van der Waals surface area contributed by atoms with E-state index >= 15 is 0 Å². The van der Waals surface area contributed by atoms with Gasteiger partial charge in [-0.05, 0) is 76.7 Å². The molecule has 0 aliphatic carbocycles. The maximum atomic E-state index is 12.5. The average Bonchev–Trinajstić information content (AvgIpc) is 2.79. The van der Waals surface area contributed by atoms with Crippen LogP contribution in [0.2, 0.25) is 0 Å². The molecule has 0 aliphatic rings. The van der Waals surface area contributed by atoms with Crippen LogP contribution < -0.4 is 9.50 Å². The third-order valence-electron chi connectivity index (χ3n) is 4.16. The fourth-order valence-corrected chi connectivity index (χ4v) is 3.95. The summed E-state index contributed by atoms with van der Waals surface area (Å²) in [4.78, 5) is 22.2. The molecule has 3 rings (SSSR count). The molecule has 0 atom stereocenters. The highest BCUT2D eigenvalue weighted by molar-refractivity contribution is 14.1. The number of nitrogens with one attached hydrogen (secondary N) is 1. The maximum Gasteiger partial charge on any atom is 0.339 e. The van der Waals surface area contributed by atoms with Crippen molar-refractivity contribution in [2.75, 3.05) is 5.32 Å². The lowest BCUT2D eigenvalue weighted by Crippen LogP contribution is -2.13. The molecule has 166 valence electrons.